The van der Waals surface area contributed by atoms with E-state index in [1.54, 1.807) is 0 Å². The average molecular weight is 433 g/mol. The maximum Gasteiger partial charge on any atom is 0.0683 e. The highest BCUT2D eigenvalue weighted by molar-refractivity contribution is 9.10. The summed E-state index contributed by atoms with van der Waals surface area (Å²) in [4.78, 5) is 0. The second-order valence-electron chi connectivity index (χ2n) is 6.49. The molecule has 5 rings (SSSR count). The van der Waals surface area contributed by atoms with Crippen molar-refractivity contribution in [3.05, 3.63) is 100 Å². The fourth-order valence-electron chi connectivity index (χ4n) is 3.80. The van der Waals surface area contributed by atoms with Crippen molar-refractivity contribution in [3.63, 3.8) is 0 Å². The first kappa shape index (κ1) is 16.6. The van der Waals surface area contributed by atoms with Crippen LogP contribution >= 0.6 is 27.5 Å². The van der Waals surface area contributed by atoms with E-state index in [0.717, 1.165) is 26.3 Å². The van der Waals surface area contributed by atoms with Gasteiger partial charge in [0.2, 0.25) is 0 Å². The number of hydrogen-bond donors (Lipinski definition) is 0. The maximum absolute atomic E-state index is 6.56. The van der Waals surface area contributed by atoms with Crippen molar-refractivity contribution in [3.8, 4) is 16.8 Å². The number of para-hydroxylation sites is 3. The summed E-state index contributed by atoms with van der Waals surface area (Å²) in [5, 5.41) is 3.24. The Morgan fingerprint density at radius 3 is 1.81 bits per heavy atom. The minimum atomic E-state index is 0.748. The van der Waals surface area contributed by atoms with E-state index in [1.807, 2.05) is 18.2 Å². The minimum absolute atomic E-state index is 0.748. The van der Waals surface area contributed by atoms with Crippen LogP contribution in [0.3, 0.4) is 0 Å². The third-order valence-corrected chi connectivity index (χ3v) is 5.92. The topological polar surface area (TPSA) is 4.93 Å². The molecule has 27 heavy (non-hydrogen) atoms. The normalized spacial score (nSPS) is 11.3. The molecule has 0 unspecified atom stereocenters. The molecular formula is C24H15BrClN. The van der Waals surface area contributed by atoms with Crippen LogP contribution in [0.15, 0.2) is 95.5 Å². The van der Waals surface area contributed by atoms with E-state index in [9.17, 15) is 0 Å². The van der Waals surface area contributed by atoms with Crippen LogP contribution in [0.4, 0.5) is 0 Å². The smallest absolute Gasteiger partial charge is 0.0683 e. The summed E-state index contributed by atoms with van der Waals surface area (Å²) in [5.41, 5.74) is 5.58. The molecule has 1 heterocycles. The van der Waals surface area contributed by atoms with Gasteiger partial charge in [0.15, 0.2) is 0 Å². The number of nitrogens with zero attached hydrogens (tertiary/aromatic N) is 1. The lowest BCUT2D eigenvalue weighted by Crippen LogP contribution is -1.98. The van der Waals surface area contributed by atoms with Gasteiger partial charge < -0.3 is 4.57 Å². The summed E-state index contributed by atoms with van der Waals surface area (Å²) >= 11 is 10.4. The van der Waals surface area contributed by atoms with Crippen molar-refractivity contribution in [2.24, 2.45) is 0 Å². The van der Waals surface area contributed by atoms with Crippen LogP contribution in [0, 0.1) is 0 Å². The van der Waals surface area contributed by atoms with E-state index >= 15 is 0 Å². The summed E-state index contributed by atoms with van der Waals surface area (Å²) in [6.45, 7) is 0. The van der Waals surface area contributed by atoms with Gasteiger partial charge in [-0.05, 0) is 40.2 Å². The Kier molecular flexibility index (Phi) is 4.04. The van der Waals surface area contributed by atoms with Crippen LogP contribution in [0.25, 0.3) is 38.6 Å². The fourth-order valence-corrected chi connectivity index (χ4v) is 4.58. The number of rotatable bonds is 2. The highest BCUT2D eigenvalue weighted by atomic mass is 79.9. The summed E-state index contributed by atoms with van der Waals surface area (Å²) < 4.78 is 3.36. The second kappa shape index (κ2) is 6.56. The highest BCUT2D eigenvalue weighted by Crippen LogP contribution is 2.40. The Labute approximate surface area is 170 Å². The van der Waals surface area contributed by atoms with E-state index in [0.29, 0.717) is 0 Å². The van der Waals surface area contributed by atoms with Crippen LogP contribution in [-0.2, 0) is 0 Å². The molecule has 0 saturated carbocycles. The first-order valence-electron chi connectivity index (χ1n) is 8.77. The first-order valence-corrected chi connectivity index (χ1v) is 9.95. The monoisotopic (exact) mass is 431 g/mol. The molecule has 0 aliphatic heterocycles. The van der Waals surface area contributed by atoms with E-state index in [4.69, 9.17) is 11.6 Å². The molecule has 130 valence electrons. The molecule has 0 fully saturated rings. The molecule has 0 amide bonds. The van der Waals surface area contributed by atoms with Gasteiger partial charge >= 0.3 is 0 Å². The largest absolute Gasteiger partial charge is 0.307 e. The molecule has 0 atom stereocenters. The summed E-state index contributed by atoms with van der Waals surface area (Å²) in [7, 11) is 0. The molecule has 0 bridgehead atoms. The van der Waals surface area contributed by atoms with Gasteiger partial charge in [0.05, 0.1) is 16.7 Å². The zero-order valence-electron chi connectivity index (χ0n) is 14.4. The predicted molar refractivity (Wildman–Crippen MR) is 119 cm³/mol. The first-order chi connectivity index (χ1) is 13.3. The molecule has 3 heteroatoms. The summed E-state index contributed by atoms with van der Waals surface area (Å²) in [6.07, 6.45) is 0. The van der Waals surface area contributed by atoms with Crippen LogP contribution < -0.4 is 0 Å². The van der Waals surface area contributed by atoms with E-state index < -0.39 is 0 Å². The lowest BCUT2D eigenvalue weighted by atomic mass is 10.0. The molecule has 0 N–H and O–H groups in total. The van der Waals surface area contributed by atoms with Crippen molar-refractivity contribution >= 4 is 49.3 Å². The lowest BCUT2D eigenvalue weighted by Gasteiger charge is -2.16. The van der Waals surface area contributed by atoms with Crippen LogP contribution in [0.2, 0.25) is 5.02 Å². The second-order valence-corrected chi connectivity index (χ2v) is 7.75. The molecule has 4 aromatic carbocycles. The van der Waals surface area contributed by atoms with Gasteiger partial charge in [0.1, 0.15) is 0 Å². The Morgan fingerprint density at radius 1 is 0.593 bits per heavy atom. The summed E-state index contributed by atoms with van der Waals surface area (Å²) in [6, 6.07) is 31.3. The Bertz CT molecular complexity index is 1250. The maximum atomic E-state index is 6.56. The van der Waals surface area contributed by atoms with Crippen molar-refractivity contribution in [1.82, 2.24) is 4.57 Å². The zero-order valence-corrected chi connectivity index (χ0v) is 16.7. The van der Waals surface area contributed by atoms with Gasteiger partial charge in [-0.15, -0.1) is 0 Å². The Hall–Kier alpha value is -2.55. The van der Waals surface area contributed by atoms with E-state index in [1.165, 1.54) is 21.8 Å². The van der Waals surface area contributed by atoms with Crippen LogP contribution in [0.5, 0.6) is 0 Å². The van der Waals surface area contributed by atoms with Crippen LogP contribution in [-0.4, -0.2) is 4.57 Å². The van der Waals surface area contributed by atoms with Crippen molar-refractivity contribution in [2.75, 3.05) is 0 Å². The number of benzene rings is 4. The van der Waals surface area contributed by atoms with Gasteiger partial charge in [-0.3, -0.25) is 0 Å². The molecule has 0 saturated heterocycles. The predicted octanol–water partition coefficient (Wildman–Crippen LogP) is 7.87. The Balaban J connectivity index is 1.96. The molecule has 0 aliphatic carbocycles. The number of fused-ring (bicyclic) bond motifs is 3. The van der Waals surface area contributed by atoms with Gasteiger partial charge in [-0.25, -0.2) is 0 Å². The minimum Gasteiger partial charge on any atom is -0.307 e. The molecule has 0 spiro atoms. The molecule has 0 radical (unpaired) electrons. The molecule has 1 aromatic heterocycles. The number of hydrogen-bond acceptors (Lipinski definition) is 0. The molecule has 5 aromatic rings. The zero-order chi connectivity index (χ0) is 18.4. The number of aromatic nitrogens is 1. The van der Waals surface area contributed by atoms with Gasteiger partial charge in [-0.1, -0.05) is 78.3 Å². The van der Waals surface area contributed by atoms with E-state index in [2.05, 4.69) is 93.3 Å². The quantitative estimate of drug-likeness (QED) is 0.267. The summed E-state index contributed by atoms with van der Waals surface area (Å²) in [5.74, 6) is 0. The molecular weight excluding hydrogens is 418 g/mol. The fraction of sp³-hybridized carbons (Fsp3) is 0. The highest BCUT2D eigenvalue weighted by Gasteiger charge is 2.18. The van der Waals surface area contributed by atoms with Gasteiger partial charge in [-0.2, -0.15) is 0 Å². The van der Waals surface area contributed by atoms with Crippen molar-refractivity contribution in [2.45, 2.75) is 0 Å². The van der Waals surface area contributed by atoms with Gasteiger partial charge in [0.25, 0.3) is 0 Å². The third-order valence-electron chi connectivity index (χ3n) is 4.95. The third kappa shape index (κ3) is 2.60. The molecule has 0 aliphatic rings. The van der Waals surface area contributed by atoms with Gasteiger partial charge in [0, 0.05) is 31.4 Å². The lowest BCUT2D eigenvalue weighted by molar-refractivity contribution is 1.17. The Morgan fingerprint density at radius 2 is 1.15 bits per heavy atom. The van der Waals surface area contributed by atoms with Crippen molar-refractivity contribution in [1.29, 1.82) is 0 Å². The van der Waals surface area contributed by atoms with Crippen LogP contribution in [0.1, 0.15) is 0 Å². The SMILES string of the molecule is Clc1ccccc1-c1cccc(Br)c1-n1c2ccccc2c2ccccc21. The van der Waals surface area contributed by atoms with E-state index in [-0.39, 0.29) is 0 Å². The standard InChI is InChI=1S/C24H15BrClN/c25-20-12-7-11-19(16-8-1-4-13-21(16)26)24(20)27-22-14-5-2-9-17(22)18-10-3-6-15-23(18)27/h1-15H. The number of halogens is 2. The van der Waals surface area contributed by atoms with Crippen molar-refractivity contribution < 1.29 is 0 Å². The molecule has 1 nitrogen and oxygen atoms in total. The average Bonchev–Trinajstić information content (AvgIpc) is 3.03.